The summed E-state index contributed by atoms with van der Waals surface area (Å²) in [5.41, 5.74) is -0.256. The van der Waals surface area contributed by atoms with Crippen LogP contribution in [0, 0.1) is 19.3 Å². The third-order valence-electron chi connectivity index (χ3n) is 5.27. The van der Waals surface area contributed by atoms with Gasteiger partial charge in [-0.15, -0.1) is 0 Å². The van der Waals surface area contributed by atoms with E-state index in [4.69, 9.17) is 9.26 Å². The van der Waals surface area contributed by atoms with Crippen LogP contribution in [0.15, 0.2) is 9.42 Å². The van der Waals surface area contributed by atoms with Gasteiger partial charge in [0, 0.05) is 33.3 Å². The number of methoxy groups -OCH3 is 1. The predicted octanol–water partition coefficient (Wildman–Crippen LogP) is 0.941. The number of aromatic nitrogens is 1. The minimum absolute atomic E-state index is 0.0484. The van der Waals surface area contributed by atoms with Gasteiger partial charge in [0.15, 0.2) is 5.76 Å². The number of amides is 1. The summed E-state index contributed by atoms with van der Waals surface area (Å²) in [6.07, 6.45) is 2.16. The molecule has 0 aliphatic carbocycles. The minimum atomic E-state index is -3.71. The molecule has 1 aromatic heterocycles. The molecular formula is C16H25N3O5S. The number of hydrogen-bond donors (Lipinski definition) is 0. The summed E-state index contributed by atoms with van der Waals surface area (Å²) in [6.45, 7) is 5.53. The Balaban J connectivity index is 1.82. The van der Waals surface area contributed by atoms with Crippen molar-refractivity contribution >= 4 is 15.9 Å². The van der Waals surface area contributed by atoms with Gasteiger partial charge in [0.1, 0.15) is 10.6 Å². The molecule has 0 aromatic carbocycles. The molecule has 3 rings (SSSR count). The van der Waals surface area contributed by atoms with Crippen LogP contribution in [0.2, 0.25) is 0 Å². The third kappa shape index (κ3) is 3.09. The lowest BCUT2D eigenvalue weighted by molar-refractivity contribution is -0.146. The second-order valence-corrected chi connectivity index (χ2v) is 8.79. The molecule has 0 unspecified atom stereocenters. The number of piperidine rings is 1. The number of likely N-dealkylation sites (tertiary alicyclic amines) is 1. The van der Waals surface area contributed by atoms with E-state index in [-0.39, 0.29) is 23.1 Å². The lowest BCUT2D eigenvalue weighted by atomic mass is 9.78. The van der Waals surface area contributed by atoms with Gasteiger partial charge in [0.05, 0.1) is 12.0 Å². The first-order valence-electron chi connectivity index (χ1n) is 8.53. The van der Waals surface area contributed by atoms with Crippen LogP contribution < -0.4 is 0 Å². The Bertz CT molecular complexity index is 740. The van der Waals surface area contributed by atoms with Crippen molar-refractivity contribution in [3.05, 3.63) is 11.5 Å². The molecule has 25 heavy (non-hydrogen) atoms. The summed E-state index contributed by atoms with van der Waals surface area (Å²) in [5, 5.41) is 3.75. The normalized spacial score (nSPS) is 25.2. The van der Waals surface area contributed by atoms with E-state index in [1.165, 1.54) is 4.31 Å². The summed E-state index contributed by atoms with van der Waals surface area (Å²) in [5.74, 6) is 0.336. The zero-order valence-electron chi connectivity index (χ0n) is 14.9. The quantitative estimate of drug-likeness (QED) is 0.765. The number of nitrogens with zero attached hydrogens (tertiary/aromatic N) is 3. The van der Waals surface area contributed by atoms with Crippen molar-refractivity contribution in [3.63, 3.8) is 0 Å². The Kier molecular flexibility index (Phi) is 4.91. The fourth-order valence-electron chi connectivity index (χ4n) is 3.96. The molecule has 0 radical (unpaired) electrons. The van der Waals surface area contributed by atoms with Crippen LogP contribution >= 0.6 is 0 Å². The van der Waals surface area contributed by atoms with E-state index in [2.05, 4.69) is 5.16 Å². The van der Waals surface area contributed by atoms with Crippen LogP contribution in [0.1, 0.15) is 30.7 Å². The topological polar surface area (TPSA) is 92.9 Å². The van der Waals surface area contributed by atoms with E-state index in [1.54, 1.807) is 25.9 Å². The Morgan fingerprint density at radius 2 is 2.04 bits per heavy atom. The van der Waals surface area contributed by atoms with E-state index in [9.17, 15) is 13.2 Å². The van der Waals surface area contributed by atoms with Gasteiger partial charge in [-0.05, 0) is 33.1 Å². The Morgan fingerprint density at radius 1 is 1.28 bits per heavy atom. The highest BCUT2D eigenvalue weighted by molar-refractivity contribution is 7.89. The molecular weight excluding hydrogens is 346 g/mol. The Labute approximate surface area is 148 Å². The predicted molar refractivity (Wildman–Crippen MR) is 89.5 cm³/mol. The van der Waals surface area contributed by atoms with Gasteiger partial charge >= 0.3 is 0 Å². The SMILES string of the molecule is COCCN1CCC[C@]2(CCN(S(=O)(=O)c3c(C)noc3C)C2)C1=O. The number of rotatable bonds is 5. The Morgan fingerprint density at radius 3 is 2.68 bits per heavy atom. The molecule has 9 heteroatoms. The maximum Gasteiger partial charge on any atom is 0.248 e. The molecule has 0 N–H and O–H groups in total. The summed E-state index contributed by atoms with van der Waals surface area (Å²) < 4.78 is 37.5. The smallest absolute Gasteiger partial charge is 0.248 e. The van der Waals surface area contributed by atoms with Crippen LogP contribution in [-0.2, 0) is 19.6 Å². The summed E-state index contributed by atoms with van der Waals surface area (Å²) >= 11 is 0. The van der Waals surface area contributed by atoms with Gasteiger partial charge < -0.3 is 14.2 Å². The lowest BCUT2D eigenvalue weighted by Gasteiger charge is -2.39. The van der Waals surface area contributed by atoms with Crippen molar-refractivity contribution in [2.24, 2.45) is 5.41 Å². The van der Waals surface area contributed by atoms with Crippen molar-refractivity contribution in [2.75, 3.05) is 39.9 Å². The van der Waals surface area contributed by atoms with E-state index >= 15 is 0 Å². The maximum atomic E-state index is 13.0. The number of ether oxygens (including phenoxy) is 1. The molecule has 8 nitrogen and oxygen atoms in total. The zero-order valence-corrected chi connectivity index (χ0v) is 15.8. The second-order valence-electron chi connectivity index (χ2n) is 6.91. The van der Waals surface area contributed by atoms with Crippen LogP contribution in [0.25, 0.3) is 0 Å². The summed E-state index contributed by atoms with van der Waals surface area (Å²) in [7, 11) is -2.10. The van der Waals surface area contributed by atoms with E-state index in [1.807, 2.05) is 0 Å². The second kappa shape index (κ2) is 6.69. The summed E-state index contributed by atoms with van der Waals surface area (Å²) in [6, 6.07) is 0. The average Bonchev–Trinajstić information content (AvgIpc) is 3.14. The van der Waals surface area contributed by atoms with Gasteiger partial charge in [-0.1, -0.05) is 5.16 Å². The van der Waals surface area contributed by atoms with Crippen LogP contribution in [0.5, 0.6) is 0 Å². The molecule has 1 atom stereocenters. The number of carbonyl (C=O) groups excluding carboxylic acids is 1. The Hall–Kier alpha value is -1.45. The highest BCUT2D eigenvalue weighted by atomic mass is 32.2. The highest BCUT2D eigenvalue weighted by Gasteiger charge is 2.51. The largest absolute Gasteiger partial charge is 0.383 e. The molecule has 0 bridgehead atoms. The molecule has 2 fully saturated rings. The number of aryl methyl sites for hydroxylation is 2. The van der Waals surface area contributed by atoms with Crippen molar-refractivity contribution in [2.45, 2.75) is 38.0 Å². The van der Waals surface area contributed by atoms with Gasteiger partial charge in [0.25, 0.3) is 0 Å². The first-order chi connectivity index (χ1) is 11.8. The van der Waals surface area contributed by atoms with E-state index in [0.29, 0.717) is 38.4 Å². The molecule has 1 amide bonds. The van der Waals surface area contributed by atoms with Crippen molar-refractivity contribution in [1.29, 1.82) is 0 Å². The van der Waals surface area contributed by atoms with Gasteiger partial charge in [-0.25, -0.2) is 8.42 Å². The van der Waals surface area contributed by atoms with Crippen LogP contribution in [-0.4, -0.2) is 68.6 Å². The fourth-order valence-corrected chi connectivity index (χ4v) is 5.78. The molecule has 1 spiro atoms. The molecule has 140 valence electrons. The summed E-state index contributed by atoms with van der Waals surface area (Å²) in [4.78, 5) is 14.9. The van der Waals surface area contributed by atoms with E-state index in [0.717, 1.165) is 12.8 Å². The standard InChI is InChI=1S/C16H25N3O5S/c1-12-14(13(2)24-17-12)25(21,22)19-8-6-16(11-19)5-4-7-18(15(16)20)9-10-23-3/h4-11H2,1-3H3/t16-/m1/s1. The highest BCUT2D eigenvalue weighted by Crippen LogP contribution is 2.42. The first-order valence-corrected chi connectivity index (χ1v) is 9.97. The van der Waals surface area contributed by atoms with Gasteiger partial charge in [-0.3, -0.25) is 4.79 Å². The third-order valence-corrected chi connectivity index (χ3v) is 7.36. The lowest BCUT2D eigenvalue weighted by Crippen LogP contribution is -2.51. The fraction of sp³-hybridized carbons (Fsp3) is 0.750. The molecule has 2 saturated heterocycles. The average molecular weight is 371 g/mol. The monoisotopic (exact) mass is 371 g/mol. The number of sulfonamides is 1. The van der Waals surface area contributed by atoms with Crippen molar-refractivity contribution in [1.82, 2.24) is 14.4 Å². The van der Waals surface area contributed by atoms with Crippen molar-refractivity contribution < 1.29 is 22.5 Å². The number of hydrogen-bond acceptors (Lipinski definition) is 6. The first kappa shape index (κ1) is 18.3. The molecule has 2 aliphatic heterocycles. The number of carbonyl (C=O) groups is 1. The molecule has 1 aromatic rings. The van der Waals surface area contributed by atoms with Crippen molar-refractivity contribution in [3.8, 4) is 0 Å². The molecule has 3 heterocycles. The van der Waals surface area contributed by atoms with Gasteiger partial charge in [0.2, 0.25) is 15.9 Å². The molecule has 0 saturated carbocycles. The minimum Gasteiger partial charge on any atom is -0.383 e. The maximum absolute atomic E-state index is 13.0. The van der Waals surface area contributed by atoms with Crippen LogP contribution in [0.3, 0.4) is 0 Å². The van der Waals surface area contributed by atoms with Crippen LogP contribution in [0.4, 0.5) is 0 Å². The zero-order chi connectivity index (χ0) is 18.2. The van der Waals surface area contributed by atoms with E-state index < -0.39 is 15.4 Å². The molecule has 2 aliphatic rings. The van der Waals surface area contributed by atoms with Gasteiger partial charge in [-0.2, -0.15) is 4.31 Å².